The minimum atomic E-state index is -4.39. The van der Waals surface area contributed by atoms with Crippen LogP contribution in [0.3, 0.4) is 0 Å². The first kappa shape index (κ1) is 25.7. The second-order valence-electron chi connectivity index (χ2n) is 8.87. The van der Waals surface area contributed by atoms with E-state index in [4.69, 9.17) is 9.47 Å². The molecule has 3 aromatic rings. The number of alkyl halides is 3. The van der Waals surface area contributed by atoms with Gasteiger partial charge in [0.25, 0.3) is 0 Å². The van der Waals surface area contributed by atoms with Crippen LogP contribution in [0.15, 0.2) is 48.5 Å². The summed E-state index contributed by atoms with van der Waals surface area (Å²) in [7, 11) is 0. The van der Waals surface area contributed by atoms with Crippen LogP contribution >= 0.6 is 11.3 Å². The monoisotopic (exact) mass is 493 g/mol. The molecular weight excluding hydrogens is 467 g/mol. The second kappa shape index (κ2) is 9.38. The smallest absolute Gasteiger partial charge is 0.416 e. The van der Waals surface area contributed by atoms with Crippen LogP contribution in [-0.2, 0) is 27.9 Å². The van der Waals surface area contributed by atoms with Gasteiger partial charge in [-0.25, -0.2) is 9.78 Å². The molecule has 34 heavy (non-hydrogen) atoms. The Hall–Kier alpha value is -2.91. The average molecular weight is 494 g/mol. The first-order valence-electron chi connectivity index (χ1n) is 10.5. The highest BCUT2D eigenvalue weighted by Crippen LogP contribution is 2.38. The Morgan fingerprint density at radius 3 is 2.29 bits per heavy atom. The van der Waals surface area contributed by atoms with Crippen molar-refractivity contribution in [3.63, 3.8) is 0 Å². The molecule has 1 aromatic heterocycles. The van der Waals surface area contributed by atoms with E-state index in [1.54, 1.807) is 18.2 Å². The molecule has 1 N–H and O–H groups in total. The first-order chi connectivity index (χ1) is 15.7. The minimum absolute atomic E-state index is 0.106. The fraction of sp³-hybridized carbons (Fsp3) is 0.360. The number of rotatable bonds is 8. The number of thiazole rings is 1. The Morgan fingerprint density at radius 2 is 1.71 bits per heavy atom. The molecule has 5 nitrogen and oxygen atoms in total. The van der Waals surface area contributed by atoms with Crippen LogP contribution < -0.4 is 4.74 Å². The summed E-state index contributed by atoms with van der Waals surface area (Å²) in [5.41, 5.74) is -0.704. The van der Waals surface area contributed by atoms with E-state index in [0.717, 1.165) is 28.3 Å². The number of benzene rings is 2. The molecule has 0 amide bonds. The van der Waals surface area contributed by atoms with E-state index in [0.29, 0.717) is 16.3 Å². The number of nitrogens with zero attached hydrogens (tertiary/aromatic N) is 1. The number of hydrogen-bond acceptors (Lipinski definition) is 5. The maximum atomic E-state index is 12.9. The van der Waals surface area contributed by atoms with Crippen LogP contribution in [0.4, 0.5) is 13.2 Å². The van der Waals surface area contributed by atoms with Gasteiger partial charge in [0.05, 0.1) is 22.7 Å². The largest absolute Gasteiger partial charge is 0.482 e. The Bertz CT molecular complexity index is 1170. The van der Waals surface area contributed by atoms with Crippen molar-refractivity contribution in [3.8, 4) is 16.3 Å². The van der Waals surface area contributed by atoms with Crippen molar-refractivity contribution < 1.29 is 32.5 Å². The summed E-state index contributed by atoms with van der Waals surface area (Å²) in [6, 6.07) is 12.1. The van der Waals surface area contributed by atoms with Crippen LogP contribution in [0, 0.1) is 6.92 Å². The molecule has 0 aliphatic rings. The van der Waals surface area contributed by atoms with E-state index in [1.165, 1.54) is 37.3 Å². The van der Waals surface area contributed by atoms with Gasteiger partial charge in [-0.05, 0) is 64.4 Å². The quantitative estimate of drug-likeness (QED) is 0.372. The molecule has 2 aromatic carbocycles. The number of carboxylic acid groups (broad SMARTS) is 1. The Labute approximate surface area is 200 Å². The molecule has 0 fully saturated rings. The number of ether oxygens (including phenoxy) is 2. The summed E-state index contributed by atoms with van der Waals surface area (Å²) >= 11 is 1.37. The summed E-state index contributed by atoms with van der Waals surface area (Å²) in [5.74, 6) is -0.478. The molecule has 9 heteroatoms. The molecular formula is C25H26F3NO4S. The third-order valence-electron chi connectivity index (χ3n) is 5.19. The number of aromatic nitrogens is 1. The van der Waals surface area contributed by atoms with Gasteiger partial charge < -0.3 is 14.6 Å². The van der Waals surface area contributed by atoms with E-state index in [1.807, 2.05) is 26.8 Å². The van der Waals surface area contributed by atoms with Gasteiger partial charge in [0.15, 0.2) is 5.60 Å². The molecule has 0 unspecified atom stereocenters. The zero-order valence-corrected chi connectivity index (χ0v) is 20.3. The third kappa shape index (κ3) is 5.95. The van der Waals surface area contributed by atoms with Crippen LogP contribution in [0.2, 0.25) is 0 Å². The topological polar surface area (TPSA) is 68.7 Å². The molecule has 0 aliphatic heterocycles. The standard InChI is InChI=1S/C25H26F3NO4S/c1-15-20(34-21(29-15)17-9-11-18(12-10-17)25(26,27)28)23(2,3)33-19-8-6-7-16(13-19)14-32-24(4,5)22(30)31/h6-13H,14H2,1-5H3,(H,30,31). The first-order valence-corrected chi connectivity index (χ1v) is 11.3. The fourth-order valence-electron chi connectivity index (χ4n) is 3.25. The summed E-state index contributed by atoms with van der Waals surface area (Å²) < 4.78 is 50.3. The maximum Gasteiger partial charge on any atom is 0.416 e. The lowest BCUT2D eigenvalue weighted by Gasteiger charge is -2.26. The summed E-state index contributed by atoms with van der Waals surface area (Å²) in [6.45, 7) is 8.69. The zero-order valence-electron chi connectivity index (χ0n) is 19.5. The predicted molar refractivity (Wildman–Crippen MR) is 124 cm³/mol. The number of halogens is 3. The van der Waals surface area contributed by atoms with Crippen LogP contribution in [0.25, 0.3) is 10.6 Å². The number of carboxylic acids is 1. The highest BCUT2D eigenvalue weighted by atomic mass is 32.1. The average Bonchev–Trinajstić information content (AvgIpc) is 3.14. The summed E-state index contributed by atoms with van der Waals surface area (Å²) in [5, 5.41) is 9.82. The van der Waals surface area contributed by atoms with E-state index in [9.17, 15) is 23.1 Å². The Morgan fingerprint density at radius 1 is 1.06 bits per heavy atom. The molecule has 0 atom stereocenters. The van der Waals surface area contributed by atoms with Gasteiger partial charge in [-0.15, -0.1) is 11.3 Å². The normalized spacial score (nSPS) is 12.6. The molecule has 182 valence electrons. The van der Waals surface area contributed by atoms with Gasteiger partial charge >= 0.3 is 12.1 Å². The molecule has 0 saturated carbocycles. The number of aryl methyl sites for hydroxylation is 1. The third-order valence-corrected chi connectivity index (χ3v) is 6.70. The van der Waals surface area contributed by atoms with Crippen molar-refractivity contribution in [1.29, 1.82) is 0 Å². The van der Waals surface area contributed by atoms with Crippen molar-refractivity contribution in [2.75, 3.05) is 0 Å². The van der Waals surface area contributed by atoms with Gasteiger partial charge in [-0.3, -0.25) is 0 Å². The van der Waals surface area contributed by atoms with Crippen molar-refractivity contribution in [3.05, 3.63) is 70.2 Å². The number of aliphatic carboxylic acids is 1. The molecule has 0 saturated heterocycles. The van der Waals surface area contributed by atoms with E-state index in [-0.39, 0.29) is 6.61 Å². The zero-order chi connectivity index (χ0) is 25.3. The molecule has 3 rings (SSSR count). The lowest BCUT2D eigenvalue weighted by Crippen LogP contribution is -2.34. The second-order valence-corrected chi connectivity index (χ2v) is 9.87. The highest BCUT2D eigenvalue weighted by Gasteiger charge is 2.32. The van der Waals surface area contributed by atoms with Crippen molar-refractivity contribution in [2.24, 2.45) is 0 Å². The highest BCUT2D eigenvalue weighted by molar-refractivity contribution is 7.15. The van der Waals surface area contributed by atoms with E-state index in [2.05, 4.69) is 4.98 Å². The molecule has 0 spiro atoms. The Kier molecular flexibility index (Phi) is 7.10. The molecule has 0 aliphatic carbocycles. The molecule has 0 bridgehead atoms. The van der Waals surface area contributed by atoms with Gasteiger partial charge in [0, 0.05) is 5.56 Å². The van der Waals surface area contributed by atoms with Crippen LogP contribution in [0.1, 0.15) is 49.4 Å². The summed E-state index contributed by atoms with van der Waals surface area (Å²) in [4.78, 5) is 16.6. The van der Waals surface area contributed by atoms with Gasteiger partial charge in [-0.2, -0.15) is 13.2 Å². The van der Waals surface area contributed by atoms with Gasteiger partial charge in [0.1, 0.15) is 16.4 Å². The van der Waals surface area contributed by atoms with Crippen LogP contribution in [0.5, 0.6) is 5.75 Å². The molecule has 0 radical (unpaired) electrons. The maximum absolute atomic E-state index is 12.9. The minimum Gasteiger partial charge on any atom is -0.482 e. The predicted octanol–water partition coefficient (Wildman–Crippen LogP) is 6.83. The van der Waals surface area contributed by atoms with E-state index >= 15 is 0 Å². The van der Waals surface area contributed by atoms with Crippen molar-refractivity contribution >= 4 is 17.3 Å². The fourth-order valence-corrected chi connectivity index (χ4v) is 4.36. The lowest BCUT2D eigenvalue weighted by atomic mass is 10.1. The SMILES string of the molecule is Cc1nc(-c2ccc(C(F)(F)F)cc2)sc1C(C)(C)Oc1cccc(COC(C)(C)C(=O)O)c1. The number of hydrogen-bond donors (Lipinski definition) is 1. The molecule has 1 heterocycles. The van der Waals surface area contributed by atoms with Gasteiger partial charge in [-0.1, -0.05) is 24.3 Å². The van der Waals surface area contributed by atoms with Gasteiger partial charge in [0.2, 0.25) is 0 Å². The number of carbonyl (C=O) groups is 1. The van der Waals surface area contributed by atoms with Crippen molar-refractivity contribution in [1.82, 2.24) is 4.98 Å². The Balaban J connectivity index is 1.78. The van der Waals surface area contributed by atoms with E-state index < -0.39 is 28.9 Å². The van der Waals surface area contributed by atoms with Crippen molar-refractivity contribution in [2.45, 2.75) is 58.6 Å². The van der Waals surface area contributed by atoms with Crippen LogP contribution in [-0.4, -0.2) is 21.7 Å². The summed E-state index contributed by atoms with van der Waals surface area (Å²) in [6.07, 6.45) is -4.39. The lowest BCUT2D eigenvalue weighted by molar-refractivity contribution is -0.162.